The Hall–Kier alpha value is -2.24. The van der Waals surface area contributed by atoms with E-state index in [9.17, 15) is 14.7 Å². The van der Waals surface area contributed by atoms with Gasteiger partial charge in [0.2, 0.25) is 5.91 Å². The maximum atomic E-state index is 13.3. The Morgan fingerprint density at radius 2 is 1.58 bits per heavy atom. The summed E-state index contributed by atoms with van der Waals surface area (Å²) in [5.74, 6) is 3.31. The van der Waals surface area contributed by atoms with Crippen molar-refractivity contribution in [1.82, 2.24) is 10.2 Å². The number of carbonyl (C=O) groups excluding carboxylic acids is 2. The molecule has 1 aromatic carbocycles. The average Bonchev–Trinajstić information content (AvgIpc) is 2.74. The molecule has 0 spiro atoms. The van der Waals surface area contributed by atoms with Crippen LogP contribution in [0.2, 0.25) is 0 Å². The molecule has 5 fully saturated rings. The summed E-state index contributed by atoms with van der Waals surface area (Å²) in [5.41, 5.74) is -0.103. The average molecular weight is 427 g/mol. The van der Waals surface area contributed by atoms with Crippen LogP contribution in [-0.4, -0.2) is 47.1 Å². The zero-order valence-corrected chi connectivity index (χ0v) is 18.4. The summed E-state index contributed by atoms with van der Waals surface area (Å²) in [5, 5.41) is 12.8. The van der Waals surface area contributed by atoms with E-state index in [0.717, 1.165) is 49.9 Å². The van der Waals surface area contributed by atoms with E-state index < -0.39 is 6.10 Å². The van der Waals surface area contributed by atoms with Gasteiger partial charge in [-0.2, -0.15) is 0 Å². The van der Waals surface area contributed by atoms with E-state index in [1.165, 1.54) is 19.3 Å². The third kappa shape index (κ3) is 4.13. The maximum Gasteiger partial charge on any atom is 0.263 e. The fraction of sp³-hybridized carbons (Fsp3) is 0.680. The lowest BCUT2D eigenvalue weighted by Crippen LogP contribution is -2.56. The summed E-state index contributed by atoms with van der Waals surface area (Å²) in [7, 11) is 0. The van der Waals surface area contributed by atoms with E-state index in [0.29, 0.717) is 24.7 Å². The second-order valence-corrected chi connectivity index (χ2v) is 10.5. The lowest BCUT2D eigenvalue weighted by molar-refractivity contribution is -0.147. The quantitative estimate of drug-likeness (QED) is 0.756. The van der Waals surface area contributed by atoms with Crippen LogP contribution in [0.15, 0.2) is 24.3 Å². The third-order valence-corrected chi connectivity index (χ3v) is 8.16. The van der Waals surface area contributed by atoms with Gasteiger partial charge in [0.05, 0.1) is 0 Å². The number of nitrogens with one attached hydrogen (secondary N) is 1. The number of hydrogen-bond donors (Lipinski definition) is 2. The minimum absolute atomic E-state index is 0.0288. The summed E-state index contributed by atoms with van der Waals surface area (Å²) in [4.78, 5) is 27.9. The van der Waals surface area contributed by atoms with Crippen LogP contribution in [0, 0.1) is 23.2 Å². The number of hydrogen-bond acceptors (Lipinski definition) is 4. The number of aromatic hydroxyl groups is 1. The van der Waals surface area contributed by atoms with Crippen molar-refractivity contribution in [2.75, 3.05) is 13.1 Å². The number of piperidine rings is 1. The Morgan fingerprint density at radius 1 is 1.03 bits per heavy atom. The van der Waals surface area contributed by atoms with Crippen molar-refractivity contribution in [3.8, 4) is 11.5 Å². The van der Waals surface area contributed by atoms with Gasteiger partial charge >= 0.3 is 0 Å². The fourth-order valence-corrected chi connectivity index (χ4v) is 7.01. The normalized spacial score (nSPS) is 33.2. The molecule has 1 aromatic rings. The molecule has 1 atom stereocenters. The molecule has 6 heteroatoms. The molecule has 168 valence electrons. The van der Waals surface area contributed by atoms with E-state index in [-0.39, 0.29) is 23.1 Å². The highest BCUT2D eigenvalue weighted by Crippen LogP contribution is 2.60. The molecule has 5 aliphatic rings. The Balaban J connectivity index is 1.11. The van der Waals surface area contributed by atoms with Crippen molar-refractivity contribution in [2.24, 2.45) is 23.2 Å². The summed E-state index contributed by atoms with van der Waals surface area (Å²) in [6, 6.07) is 6.57. The molecule has 4 bridgehead atoms. The molecule has 1 aliphatic heterocycles. The zero-order valence-electron chi connectivity index (χ0n) is 18.4. The highest BCUT2D eigenvalue weighted by molar-refractivity contribution is 5.84. The highest BCUT2D eigenvalue weighted by Gasteiger charge is 2.54. The second-order valence-electron chi connectivity index (χ2n) is 10.5. The van der Waals surface area contributed by atoms with Crippen LogP contribution < -0.4 is 10.1 Å². The van der Waals surface area contributed by atoms with Gasteiger partial charge in [0.15, 0.2) is 6.10 Å². The third-order valence-electron chi connectivity index (χ3n) is 8.16. The monoisotopic (exact) mass is 426 g/mol. The van der Waals surface area contributed by atoms with Crippen molar-refractivity contribution in [3.63, 3.8) is 0 Å². The molecule has 6 rings (SSSR count). The molecule has 1 unspecified atom stereocenters. The first kappa shape index (κ1) is 20.7. The van der Waals surface area contributed by atoms with Crippen LogP contribution in [0.3, 0.4) is 0 Å². The molecule has 4 saturated carbocycles. The number of phenols is 1. The SMILES string of the molecule is CC(Oc1ccc(O)cc1)C(=O)N1CCC(NC(=O)C23CC4CC(CC(C4)C2)C3)CC1. The Kier molecular flexibility index (Phi) is 5.35. The topological polar surface area (TPSA) is 78.9 Å². The minimum atomic E-state index is -0.581. The fourth-order valence-electron chi connectivity index (χ4n) is 7.01. The van der Waals surface area contributed by atoms with Crippen LogP contribution in [-0.2, 0) is 9.59 Å². The van der Waals surface area contributed by atoms with Crippen LogP contribution >= 0.6 is 0 Å². The van der Waals surface area contributed by atoms with Gasteiger partial charge in [-0.3, -0.25) is 9.59 Å². The van der Waals surface area contributed by atoms with Crippen LogP contribution in [0.1, 0.15) is 58.3 Å². The van der Waals surface area contributed by atoms with Gasteiger partial charge in [-0.15, -0.1) is 0 Å². The Bertz CT molecular complexity index is 793. The Labute approximate surface area is 184 Å². The van der Waals surface area contributed by atoms with Gasteiger partial charge in [0.25, 0.3) is 5.91 Å². The summed E-state index contributed by atoms with van der Waals surface area (Å²) in [6.07, 6.45) is 8.33. The van der Waals surface area contributed by atoms with Crippen molar-refractivity contribution in [1.29, 1.82) is 0 Å². The van der Waals surface area contributed by atoms with Crippen LogP contribution in [0.25, 0.3) is 0 Å². The molecule has 6 nitrogen and oxygen atoms in total. The first-order valence-electron chi connectivity index (χ1n) is 12.0. The zero-order chi connectivity index (χ0) is 21.6. The molecular formula is C25H34N2O4. The summed E-state index contributed by atoms with van der Waals surface area (Å²) < 4.78 is 5.74. The first-order chi connectivity index (χ1) is 14.9. The molecule has 2 N–H and O–H groups in total. The van der Waals surface area contributed by atoms with Crippen LogP contribution in [0.5, 0.6) is 11.5 Å². The molecule has 31 heavy (non-hydrogen) atoms. The number of nitrogens with zero attached hydrogens (tertiary/aromatic N) is 1. The van der Waals surface area contributed by atoms with Gasteiger partial charge in [-0.25, -0.2) is 0 Å². The lowest BCUT2D eigenvalue weighted by atomic mass is 9.49. The van der Waals surface area contributed by atoms with Crippen molar-refractivity contribution < 1.29 is 19.4 Å². The summed E-state index contributed by atoms with van der Waals surface area (Å²) >= 11 is 0. The summed E-state index contributed by atoms with van der Waals surface area (Å²) in [6.45, 7) is 3.05. The van der Waals surface area contributed by atoms with Crippen molar-refractivity contribution >= 4 is 11.8 Å². The molecule has 0 aromatic heterocycles. The Morgan fingerprint density at radius 3 is 2.13 bits per heavy atom. The predicted octanol–water partition coefficient (Wildman–Crippen LogP) is 3.48. The van der Waals surface area contributed by atoms with Gasteiger partial charge in [-0.1, -0.05) is 0 Å². The van der Waals surface area contributed by atoms with Crippen molar-refractivity contribution in [2.45, 2.75) is 70.4 Å². The largest absolute Gasteiger partial charge is 0.508 e. The first-order valence-corrected chi connectivity index (χ1v) is 12.0. The van der Waals surface area contributed by atoms with Crippen LogP contribution in [0.4, 0.5) is 0 Å². The smallest absolute Gasteiger partial charge is 0.263 e. The van der Waals surface area contributed by atoms with E-state index in [1.807, 2.05) is 4.90 Å². The van der Waals surface area contributed by atoms with E-state index >= 15 is 0 Å². The number of benzene rings is 1. The number of likely N-dealkylation sites (tertiary alicyclic amines) is 1. The number of carbonyl (C=O) groups is 2. The lowest BCUT2D eigenvalue weighted by Gasteiger charge is -2.56. The molecule has 1 heterocycles. The number of rotatable bonds is 5. The molecule has 0 radical (unpaired) electrons. The van der Waals surface area contributed by atoms with E-state index in [1.54, 1.807) is 31.2 Å². The minimum Gasteiger partial charge on any atom is -0.508 e. The van der Waals surface area contributed by atoms with E-state index in [4.69, 9.17) is 4.74 Å². The van der Waals surface area contributed by atoms with E-state index in [2.05, 4.69) is 5.32 Å². The molecule has 4 aliphatic carbocycles. The number of phenolic OH excluding ortho intramolecular Hbond substituents is 1. The van der Waals surface area contributed by atoms with Gasteiger partial charge in [0.1, 0.15) is 11.5 Å². The standard InChI is InChI=1S/C25H34N2O4/c1-16(31-22-4-2-21(28)3-5-22)23(29)27-8-6-20(7-9-27)26-24(30)25-13-17-10-18(14-25)12-19(11-17)15-25/h2-5,16-20,28H,6-15H2,1H3,(H,26,30). The van der Waals surface area contributed by atoms with Crippen molar-refractivity contribution in [3.05, 3.63) is 24.3 Å². The maximum absolute atomic E-state index is 13.3. The van der Waals surface area contributed by atoms with Gasteiger partial charge < -0.3 is 20.1 Å². The number of ether oxygens (including phenoxy) is 1. The highest BCUT2D eigenvalue weighted by atomic mass is 16.5. The predicted molar refractivity (Wildman–Crippen MR) is 117 cm³/mol. The number of amides is 2. The van der Waals surface area contributed by atoms with Gasteiger partial charge in [-0.05, 0) is 100 Å². The molecule has 1 saturated heterocycles. The molecule has 2 amide bonds. The second kappa shape index (κ2) is 8.03. The molecular weight excluding hydrogens is 392 g/mol. The van der Waals surface area contributed by atoms with Gasteiger partial charge in [0, 0.05) is 24.5 Å².